The summed E-state index contributed by atoms with van der Waals surface area (Å²) in [5.41, 5.74) is 5.46. The van der Waals surface area contributed by atoms with Crippen LogP contribution in [-0.2, 0) is 9.53 Å². The van der Waals surface area contributed by atoms with E-state index in [4.69, 9.17) is 10.5 Å². The summed E-state index contributed by atoms with van der Waals surface area (Å²) in [6.45, 7) is 1.95. The minimum Gasteiger partial charge on any atom is -0.381 e. The SMILES string of the molecule is CSC1(CNC(=O)C2(N)CCOCC2)CCCC1. The molecule has 1 amide bonds. The predicted octanol–water partition coefficient (Wildman–Crippen LogP) is 1.29. The van der Waals surface area contributed by atoms with Gasteiger partial charge < -0.3 is 15.8 Å². The van der Waals surface area contributed by atoms with E-state index in [1.165, 1.54) is 25.7 Å². The minimum atomic E-state index is -0.712. The second-order valence-electron chi connectivity index (χ2n) is 5.55. The Morgan fingerprint density at radius 3 is 2.44 bits per heavy atom. The molecular weight excluding hydrogens is 248 g/mol. The Balaban J connectivity index is 1.87. The van der Waals surface area contributed by atoms with Crippen LogP contribution in [0.5, 0.6) is 0 Å². The fraction of sp³-hybridized carbons (Fsp3) is 0.923. The van der Waals surface area contributed by atoms with Gasteiger partial charge in [-0.1, -0.05) is 12.8 Å². The van der Waals surface area contributed by atoms with Gasteiger partial charge in [0.05, 0.1) is 5.54 Å². The maximum atomic E-state index is 12.2. The minimum absolute atomic E-state index is 0.00567. The maximum absolute atomic E-state index is 12.2. The van der Waals surface area contributed by atoms with Crippen molar-refractivity contribution in [2.75, 3.05) is 26.0 Å². The molecule has 1 saturated carbocycles. The zero-order valence-electron chi connectivity index (χ0n) is 11.2. The normalized spacial score (nSPS) is 25.9. The van der Waals surface area contributed by atoms with Crippen molar-refractivity contribution >= 4 is 17.7 Å². The Hall–Kier alpha value is -0.260. The van der Waals surface area contributed by atoms with E-state index in [1.54, 1.807) is 0 Å². The molecule has 2 fully saturated rings. The molecule has 4 nitrogen and oxygen atoms in total. The zero-order valence-corrected chi connectivity index (χ0v) is 12.0. The Bertz CT molecular complexity index is 297. The number of carbonyl (C=O) groups excluding carboxylic acids is 1. The number of hydrogen-bond donors (Lipinski definition) is 2. The number of rotatable bonds is 4. The first-order chi connectivity index (χ1) is 8.60. The van der Waals surface area contributed by atoms with Crippen LogP contribution in [0.25, 0.3) is 0 Å². The Kier molecular flexibility index (Phi) is 4.56. The highest BCUT2D eigenvalue weighted by Gasteiger charge is 2.38. The summed E-state index contributed by atoms with van der Waals surface area (Å²) in [5, 5.41) is 3.09. The van der Waals surface area contributed by atoms with E-state index < -0.39 is 5.54 Å². The molecule has 1 heterocycles. The summed E-state index contributed by atoms with van der Waals surface area (Å²) in [7, 11) is 0. The molecule has 0 aromatic heterocycles. The number of carbonyl (C=O) groups is 1. The van der Waals surface area contributed by atoms with Crippen LogP contribution in [0.2, 0.25) is 0 Å². The van der Waals surface area contributed by atoms with Gasteiger partial charge in [-0.05, 0) is 31.9 Å². The average molecular weight is 272 g/mol. The highest BCUT2D eigenvalue weighted by atomic mass is 32.2. The fourth-order valence-corrected chi connectivity index (χ4v) is 3.77. The first kappa shape index (κ1) is 14.2. The molecule has 18 heavy (non-hydrogen) atoms. The molecule has 104 valence electrons. The van der Waals surface area contributed by atoms with Gasteiger partial charge in [-0.3, -0.25) is 4.79 Å². The average Bonchev–Trinajstić information content (AvgIpc) is 2.86. The zero-order chi connectivity index (χ0) is 13.1. The summed E-state index contributed by atoms with van der Waals surface area (Å²) < 4.78 is 5.52. The summed E-state index contributed by atoms with van der Waals surface area (Å²) >= 11 is 1.89. The first-order valence-electron chi connectivity index (χ1n) is 6.80. The van der Waals surface area contributed by atoms with Crippen molar-refractivity contribution in [3.05, 3.63) is 0 Å². The molecule has 2 rings (SSSR count). The molecule has 0 atom stereocenters. The van der Waals surface area contributed by atoms with Gasteiger partial charge in [0.2, 0.25) is 5.91 Å². The second-order valence-corrected chi connectivity index (χ2v) is 6.82. The van der Waals surface area contributed by atoms with Crippen LogP contribution in [0, 0.1) is 0 Å². The van der Waals surface area contributed by atoms with Crippen molar-refractivity contribution in [2.24, 2.45) is 5.73 Å². The van der Waals surface area contributed by atoms with Crippen molar-refractivity contribution in [1.29, 1.82) is 0 Å². The van der Waals surface area contributed by atoms with Gasteiger partial charge in [0.15, 0.2) is 0 Å². The Labute approximate surface area is 113 Å². The molecule has 1 aliphatic carbocycles. The number of amides is 1. The van der Waals surface area contributed by atoms with E-state index in [2.05, 4.69) is 11.6 Å². The Morgan fingerprint density at radius 1 is 1.28 bits per heavy atom. The summed E-state index contributed by atoms with van der Waals surface area (Å²) in [6, 6.07) is 0. The number of nitrogens with two attached hydrogens (primary N) is 1. The van der Waals surface area contributed by atoms with E-state index in [9.17, 15) is 4.79 Å². The lowest BCUT2D eigenvalue weighted by atomic mass is 9.90. The van der Waals surface area contributed by atoms with Crippen molar-refractivity contribution < 1.29 is 9.53 Å². The lowest BCUT2D eigenvalue weighted by molar-refractivity contribution is -0.129. The smallest absolute Gasteiger partial charge is 0.240 e. The number of thioether (sulfide) groups is 1. The lowest BCUT2D eigenvalue weighted by Gasteiger charge is -2.34. The van der Waals surface area contributed by atoms with E-state index in [-0.39, 0.29) is 10.7 Å². The summed E-state index contributed by atoms with van der Waals surface area (Å²) in [4.78, 5) is 12.2. The van der Waals surface area contributed by atoms with Crippen molar-refractivity contribution in [1.82, 2.24) is 5.32 Å². The van der Waals surface area contributed by atoms with Crippen LogP contribution < -0.4 is 11.1 Å². The molecule has 5 heteroatoms. The molecule has 0 bridgehead atoms. The molecule has 0 spiro atoms. The molecule has 1 saturated heterocycles. The Morgan fingerprint density at radius 2 is 1.89 bits per heavy atom. The van der Waals surface area contributed by atoms with Crippen LogP contribution in [-0.4, -0.2) is 42.2 Å². The molecule has 1 aliphatic heterocycles. The van der Waals surface area contributed by atoms with Gasteiger partial charge in [0.25, 0.3) is 0 Å². The van der Waals surface area contributed by atoms with Crippen LogP contribution in [0.15, 0.2) is 0 Å². The number of hydrogen-bond acceptors (Lipinski definition) is 4. The monoisotopic (exact) mass is 272 g/mol. The lowest BCUT2D eigenvalue weighted by Crippen LogP contribution is -2.58. The topological polar surface area (TPSA) is 64.4 Å². The van der Waals surface area contributed by atoms with E-state index in [0.29, 0.717) is 26.1 Å². The number of ether oxygens (including phenoxy) is 1. The molecule has 0 aromatic carbocycles. The van der Waals surface area contributed by atoms with Crippen LogP contribution >= 0.6 is 11.8 Å². The van der Waals surface area contributed by atoms with Crippen LogP contribution in [0.3, 0.4) is 0 Å². The molecule has 2 aliphatic rings. The summed E-state index contributed by atoms with van der Waals surface area (Å²) in [6.07, 6.45) is 8.36. The van der Waals surface area contributed by atoms with E-state index in [1.807, 2.05) is 11.8 Å². The predicted molar refractivity (Wildman–Crippen MR) is 74.7 cm³/mol. The highest BCUT2D eigenvalue weighted by molar-refractivity contribution is 8.00. The van der Waals surface area contributed by atoms with Gasteiger partial charge in [-0.2, -0.15) is 11.8 Å². The van der Waals surface area contributed by atoms with E-state index in [0.717, 1.165) is 6.54 Å². The largest absolute Gasteiger partial charge is 0.381 e. The number of nitrogens with one attached hydrogen (secondary N) is 1. The van der Waals surface area contributed by atoms with Crippen molar-refractivity contribution in [2.45, 2.75) is 48.8 Å². The molecular formula is C13H24N2O2S. The molecule has 0 aromatic rings. The molecule has 0 radical (unpaired) electrons. The second kappa shape index (κ2) is 5.80. The van der Waals surface area contributed by atoms with Crippen LogP contribution in [0.1, 0.15) is 38.5 Å². The third-order valence-electron chi connectivity index (χ3n) is 4.36. The first-order valence-corrected chi connectivity index (χ1v) is 8.03. The van der Waals surface area contributed by atoms with Crippen LogP contribution in [0.4, 0.5) is 0 Å². The van der Waals surface area contributed by atoms with Crippen molar-refractivity contribution in [3.63, 3.8) is 0 Å². The summed E-state index contributed by atoms with van der Waals surface area (Å²) in [5.74, 6) is 0.00567. The maximum Gasteiger partial charge on any atom is 0.240 e. The third kappa shape index (κ3) is 3.00. The van der Waals surface area contributed by atoms with E-state index >= 15 is 0 Å². The van der Waals surface area contributed by atoms with Gasteiger partial charge in [0.1, 0.15) is 0 Å². The highest BCUT2D eigenvalue weighted by Crippen LogP contribution is 2.39. The van der Waals surface area contributed by atoms with Gasteiger partial charge in [0, 0.05) is 24.5 Å². The van der Waals surface area contributed by atoms with Crippen molar-refractivity contribution in [3.8, 4) is 0 Å². The molecule has 3 N–H and O–H groups in total. The fourth-order valence-electron chi connectivity index (χ4n) is 2.85. The molecule has 0 unspecified atom stereocenters. The third-order valence-corrected chi connectivity index (χ3v) is 5.77. The van der Waals surface area contributed by atoms with Gasteiger partial charge in [-0.25, -0.2) is 0 Å². The van der Waals surface area contributed by atoms with Gasteiger partial charge in [-0.15, -0.1) is 0 Å². The quantitative estimate of drug-likeness (QED) is 0.809. The van der Waals surface area contributed by atoms with Gasteiger partial charge >= 0.3 is 0 Å². The standard InChI is InChI=1S/C13H24N2O2S/c1-18-12(4-2-3-5-12)10-15-11(16)13(14)6-8-17-9-7-13/h2-10,14H2,1H3,(H,15,16).